The van der Waals surface area contributed by atoms with Gasteiger partial charge >= 0.3 is 5.69 Å². The highest BCUT2D eigenvalue weighted by molar-refractivity contribution is 5.70. The van der Waals surface area contributed by atoms with Crippen LogP contribution < -0.4 is 4.74 Å². The van der Waals surface area contributed by atoms with Crippen LogP contribution in [0.3, 0.4) is 0 Å². The molecule has 7 nitrogen and oxygen atoms in total. The quantitative estimate of drug-likeness (QED) is 0.592. The van der Waals surface area contributed by atoms with Crippen LogP contribution in [0.15, 0.2) is 24.5 Å². The van der Waals surface area contributed by atoms with Crippen molar-refractivity contribution in [2.45, 2.75) is 0 Å². The molecule has 2 aromatic rings. The maximum atomic E-state index is 10.9. The molecule has 0 atom stereocenters. The molecule has 0 saturated heterocycles. The van der Waals surface area contributed by atoms with Gasteiger partial charge < -0.3 is 4.74 Å². The standard InChI is InChI=1S/C10H10N4O3/c1-13-10(11-6-12-13)7-4-3-5-8(14(15)16)9(7)17-2/h3-6H,1-2H3. The van der Waals surface area contributed by atoms with Gasteiger partial charge in [0.15, 0.2) is 5.82 Å². The lowest BCUT2D eigenvalue weighted by atomic mass is 10.1. The highest BCUT2D eigenvalue weighted by Gasteiger charge is 2.21. The van der Waals surface area contributed by atoms with E-state index in [2.05, 4.69) is 10.1 Å². The van der Waals surface area contributed by atoms with E-state index in [1.807, 2.05) is 0 Å². The first-order valence-corrected chi connectivity index (χ1v) is 4.81. The van der Waals surface area contributed by atoms with E-state index in [-0.39, 0.29) is 11.4 Å². The Labute approximate surface area is 96.8 Å². The molecule has 0 radical (unpaired) electrons. The molecule has 0 aliphatic carbocycles. The first-order valence-electron chi connectivity index (χ1n) is 4.81. The molecule has 1 aromatic heterocycles. The van der Waals surface area contributed by atoms with Crippen LogP contribution in [0.25, 0.3) is 11.4 Å². The van der Waals surface area contributed by atoms with Crippen molar-refractivity contribution in [3.05, 3.63) is 34.6 Å². The van der Waals surface area contributed by atoms with Gasteiger partial charge in [-0.05, 0) is 6.07 Å². The van der Waals surface area contributed by atoms with E-state index in [4.69, 9.17) is 4.74 Å². The average Bonchev–Trinajstić information content (AvgIpc) is 2.74. The van der Waals surface area contributed by atoms with Gasteiger partial charge in [0.1, 0.15) is 6.33 Å². The Kier molecular flexibility index (Phi) is 2.73. The molecular formula is C10H10N4O3. The summed E-state index contributed by atoms with van der Waals surface area (Å²) in [6.45, 7) is 0. The minimum Gasteiger partial charge on any atom is -0.490 e. The van der Waals surface area contributed by atoms with E-state index in [0.717, 1.165) is 0 Å². The number of nitro benzene ring substituents is 1. The molecule has 0 N–H and O–H groups in total. The lowest BCUT2D eigenvalue weighted by Gasteiger charge is -2.07. The second-order valence-electron chi connectivity index (χ2n) is 3.32. The van der Waals surface area contributed by atoms with Crippen molar-refractivity contribution >= 4 is 5.69 Å². The van der Waals surface area contributed by atoms with Crippen molar-refractivity contribution in [1.82, 2.24) is 14.8 Å². The van der Waals surface area contributed by atoms with Crippen LogP contribution in [-0.2, 0) is 7.05 Å². The van der Waals surface area contributed by atoms with E-state index < -0.39 is 4.92 Å². The van der Waals surface area contributed by atoms with E-state index in [1.54, 1.807) is 19.2 Å². The number of ether oxygens (including phenoxy) is 1. The van der Waals surface area contributed by atoms with Crippen molar-refractivity contribution in [3.63, 3.8) is 0 Å². The van der Waals surface area contributed by atoms with Gasteiger partial charge in [0.25, 0.3) is 0 Å². The second kappa shape index (κ2) is 4.20. The monoisotopic (exact) mass is 234 g/mol. The Bertz CT molecular complexity index is 564. The van der Waals surface area contributed by atoms with Crippen LogP contribution >= 0.6 is 0 Å². The van der Waals surface area contributed by atoms with Crippen molar-refractivity contribution < 1.29 is 9.66 Å². The number of nitrogens with zero attached hydrogens (tertiary/aromatic N) is 4. The van der Waals surface area contributed by atoms with Crippen molar-refractivity contribution in [3.8, 4) is 17.1 Å². The molecule has 0 saturated carbocycles. The van der Waals surface area contributed by atoms with Gasteiger partial charge in [-0.25, -0.2) is 9.67 Å². The molecule has 88 valence electrons. The number of nitro groups is 1. The predicted molar refractivity (Wildman–Crippen MR) is 59.6 cm³/mol. The van der Waals surface area contributed by atoms with Crippen LogP contribution in [0.5, 0.6) is 5.75 Å². The number of aromatic nitrogens is 3. The van der Waals surface area contributed by atoms with Gasteiger partial charge in [0.05, 0.1) is 17.6 Å². The van der Waals surface area contributed by atoms with Gasteiger partial charge in [-0.15, -0.1) is 0 Å². The number of aryl methyl sites for hydroxylation is 1. The first kappa shape index (κ1) is 11.1. The molecule has 0 unspecified atom stereocenters. The number of rotatable bonds is 3. The predicted octanol–water partition coefficient (Wildman–Crippen LogP) is 1.40. The fourth-order valence-electron chi connectivity index (χ4n) is 1.60. The van der Waals surface area contributed by atoms with Crippen molar-refractivity contribution in [1.29, 1.82) is 0 Å². The zero-order valence-electron chi connectivity index (χ0n) is 9.32. The van der Waals surface area contributed by atoms with Gasteiger partial charge in [-0.2, -0.15) is 5.10 Å². The zero-order chi connectivity index (χ0) is 12.4. The third kappa shape index (κ3) is 1.82. The molecule has 0 fully saturated rings. The largest absolute Gasteiger partial charge is 0.490 e. The summed E-state index contributed by atoms with van der Waals surface area (Å²) >= 11 is 0. The van der Waals surface area contributed by atoms with Crippen molar-refractivity contribution in [2.75, 3.05) is 7.11 Å². The number of hydrogen-bond donors (Lipinski definition) is 0. The Morgan fingerprint density at radius 2 is 2.24 bits per heavy atom. The van der Waals surface area contributed by atoms with Gasteiger partial charge in [-0.3, -0.25) is 10.1 Å². The van der Waals surface area contributed by atoms with Crippen LogP contribution in [0.4, 0.5) is 5.69 Å². The Morgan fingerprint density at radius 3 is 2.76 bits per heavy atom. The normalized spacial score (nSPS) is 10.2. The molecule has 1 aromatic carbocycles. The molecular weight excluding hydrogens is 224 g/mol. The highest BCUT2D eigenvalue weighted by atomic mass is 16.6. The lowest BCUT2D eigenvalue weighted by molar-refractivity contribution is -0.385. The fraction of sp³-hybridized carbons (Fsp3) is 0.200. The van der Waals surface area contributed by atoms with Gasteiger partial charge in [-0.1, -0.05) is 6.07 Å². The summed E-state index contributed by atoms with van der Waals surface area (Å²) in [4.78, 5) is 14.4. The molecule has 0 amide bonds. The van der Waals surface area contributed by atoms with Gasteiger partial charge in [0, 0.05) is 13.1 Å². The fourth-order valence-corrected chi connectivity index (χ4v) is 1.60. The molecule has 1 heterocycles. The van der Waals surface area contributed by atoms with E-state index in [9.17, 15) is 10.1 Å². The van der Waals surface area contributed by atoms with E-state index in [1.165, 1.54) is 24.2 Å². The Balaban J connectivity index is 2.67. The maximum absolute atomic E-state index is 10.9. The summed E-state index contributed by atoms with van der Waals surface area (Å²) in [5.74, 6) is 0.708. The summed E-state index contributed by atoms with van der Waals surface area (Å²) in [6.07, 6.45) is 1.38. The third-order valence-electron chi connectivity index (χ3n) is 2.35. The van der Waals surface area contributed by atoms with E-state index >= 15 is 0 Å². The van der Waals surface area contributed by atoms with Crippen LogP contribution in [0, 0.1) is 10.1 Å². The van der Waals surface area contributed by atoms with Gasteiger partial charge in [0.2, 0.25) is 5.75 Å². The second-order valence-corrected chi connectivity index (χ2v) is 3.32. The lowest BCUT2D eigenvalue weighted by Crippen LogP contribution is -1.99. The van der Waals surface area contributed by atoms with Crippen LogP contribution in [0.1, 0.15) is 0 Å². The summed E-state index contributed by atoms with van der Waals surface area (Å²) in [5, 5.41) is 14.8. The molecule has 0 aliphatic rings. The SMILES string of the molecule is COc1c(-c2ncnn2C)cccc1[N+](=O)[O-]. The zero-order valence-corrected chi connectivity index (χ0v) is 9.32. The topological polar surface area (TPSA) is 83.1 Å². The molecule has 0 bridgehead atoms. The smallest absolute Gasteiger partial charge is 0.311 e. The Morgan fingerprint density at radius 1 is 1.47 bits per heavy atom. The van der Waals surface area contributed by atoms with Crippen molar-refractivity contribution in [2.24, 2.45) is 7.05 Å². The van der Waals surface area contributed by atoms with Crippen LogP contribution in [0.2, 0.25) is 0 Å². The molecule has 7 heteroatoms. The molecule has 17 heavy (non-hydrogen) atoms. The third-order valence-corrected chi connectivity index (χ3v) is 2.35. The minimum atomic E-state index is -0.487. The van der Waals surface area contributed by atoms with Crippen LogP contribution in [-0.4, -0.2) is 26.8 Å². The number of methoxy groups -OCH3 is 1. The number of hydrogen-bond acceptors (Lipinski definition) is 5. The van der Waals surface area contributed by atoms with E-state index in [0.29, 0.717) is 11.4 Å². The number of para-hydroxylation sites is 1. The molecule has 0 spiro atoms. The number of benzene rings is 1. The minimum absolute atomic E-state index is 0.0898. The summed E-state index contributed by atoms with van der Waals surface area (Å²) < 4.78 is 6.62. The molecule has 2 rings (SSSR count). The average molecular weight is 234 g/mol. The summed E-state index contributed by atoms with van der Waals surface area (Å²) in [5.41, 5.74) is 0.453. The highest BCUT2D eigenvalue weighted by Crippen LogP contribution is 2.36. The summed E-state index contributed by atoms with van der Waals surface area (Å²) in [6, 6.07) is 4.68. The molecule has 0 aliphatic heterocycles. The Hall–Kier alpha value is -2.44. The first-order chi connectivity index (χ1) is 8.15. The summed E-state index contributed by atoms with van der Waals surface area (Å²) in [7, 11) is 3.10. The maximum Gasteiger partial charge on any atom is 0.311 e.